The van der Waals surface area contributed by atoms with Crippen LogP contribution >= 0.6 is 39.3 Å². The summed E-state index contributed by atoms with van der Waals surface area (Å²) in [4.78, 5) is 18.4. The van der Waals surface area contributed by atoms with E-state index >= 15 is 0 Å². The number of nitrogens with zero attached hydrogens (tertiary/aromatic N) is 2. The Morgan fingerprint density at radius 3 is 2.72 bits per heavy atom. The van der Waals surface area contributed by atoms with Crippen molar-refractivity contribution < 1.29 is 17.9 Å². The summed E-state index contributed by atoms with van der Waals surface area (Å²) in [6.45, 7) is -0.205. The van der Waals surface area contributed by atoms with E-state index in [1.54, 1.807) is 29.2 Å². The minimum absolute atomic E-state index is 0.00475. The summed E-state index contributed by atoms with van der Waals surface area (Å²) in [6.07, 6.45) is 0. The molecule has 0 spiro atoms. The molecule has 2 unspecified atom stereocenters. The number of carbonyl (C=O) groups excluding carboxylic acids is 1. The zero-order valence-electron chi connectivity index (χ0n) is 15.0. The molecular weight excluding hydrogens is 500 g/mol. The van der Waals surface area contributed by atoms with E-state index in [9.17, 15) is 13.2 Å². The molecule has 0 saturated carbocycles. The van der Waals surface area contributed by atoms with Crippen LogP contribution in [0, 0.1) is 0 Å². The first-order chi connectivity index (χ1) is 13.8. The van der Waals surface area contributed by atoms with Crippen molar-refractivity contribution in [3.63, 3.8) is 0 Å². The van der Waals surface area contributed by atoms with Crippen molar-refractivity contribution >= 4 is 65.9 Å². The summed E-state index contributed by atoms with van der Waals surface area (Å²) in [5, 5.41) is 0.702. The number of halogens is 2. The Bertz CT molecular complexity index is 1080. The van der Waals surface area contributed by atoms with Crippen molar-refractivity contribution in [3.05, 3.63) is 58.0 Å². The quantitative estimate of drug-likeness (QED) is 0.617. The molecule has 2 aromatic carbocycles. The number of aliphatic imine (C=N–C) groups is 1. The topological polar surface area (TPSA) is 76.0 Å². The molecule has 2 heterocycles. The average molecular weight is 516 g/mol. The first-order valence-electron chi connectivity index (χ1n) is 8.73. The van der Waals surface area contributed by atoms with Gasteiger partial charge < -0.3 is 9.64 Å². The number of fused-ring (bicyclic) bond motifs is 1. The van der Waals surface area contributed by atoms with Gasteiger partial charge in [-0.2, -0.15) is 4.99 Å². The van der Waals surface area contributed by atoms with Crippen molar-refractivity contribution in [2.75, 3.05) is 23.0 Å². The van der Waals surface area contributed by atoms with Crippen molar-refractivity contribution in [1.82, 2.24) is 0 Å². The highest BCUT2D eigenvalue weighted by Crippen LogP contribution is 2.43. The van der Waals surface area contributed by atoms with Crippen LogP contribution in [0.1, 0.15) is 0 Å². The standard InChI is InChI=1S/C19H16BrClN2O4S2/c20-12-6-7-15(14(21)8-12)23-16-10-29(25,26)11-17(16)28-19(23)22-18(24)9-27-13-4-2-1-3-5-13/h1-8,16-17H,9-11H2. The molecule has 2 saturated heterocycles. The molecule has 2 atom stereocenters. The number of ether oxygens (including phenoxy) is 1. The summed E-state index contributed by atoms with van der Waals surface area (Å²) < 4.78 is 30.6. The highest BCUT2D eigenvalue weighted by atomic mass is 79.9. The molecule has 0 aromatic heterocycles. The Hall–Kier alpha value is -1.55. The second-order valence-corrected chi connectivity index (χ2v) is 11.3. The van der Waals surface area contributed by atoms with Crippen LogP contribution in [0.4, 0.5) is 5.69 Å². The summed E-state index contributed by atoms with van der Waals surface area (Å²) in [6, 6.07) is 14.0. The lowest BCUT2D eigenvalue weighted by Crippen LogP contribution is -2.38. The van der Waals surface area contributed by atoms with Gasteiger partial charge in [-0.3, -0.25) is 4.79 Å². The fraction of sp³-hybridized carbons (Fsp3) is 0.263. The monoisotopic (exact) mass is 514 g/mol. The highest BCUT2D eigenvalue weighted by Gasteiger charge is 2.49. The summed E-state index contributed by atoms with van der Waals surface area (Å²) >= 11 is 11.1. The second-order valence-electron chi connectivity index (χ2n) is 6.66. The summed E-state index contributed by atoms with van der Waals surface area (Å²) in [5.41, 5.74) is 0.627. The molecule has 1 amide bonds. The van der Waals surface area contributed by atoms with E-state index in [1.165, 1.54) is 11.8 Å². The number of hydrogen-bond acceptors (Lipinski definition) is 5. The van der Waals surface area contributed by atoms with Crippen LogP contribution in [0.3, 0.4) is 0 Å². The fourth-order valence-corrected chi connectivity index (χ4v) is 8.01. The number of benzene rings is 2. The van der Waals surface area contributed by atoms with Gasteiger partial charge in [0, 0.05) is 9.72 Å². The number of amides is 1. The van der Waals surface area contributed by atoms with Crippen LogP contribution in [-0.2, 0) is 14.6 Å². The minimum atomic E-state index is -3.15. The maximum Gasteiger partial charge on any atom is 0.285 e. The van der Waals surface area contributed by atoms with Crippen molar-refractivity contribution in [2.24, 2.45) is 4.99 Å². The van der Waals surface area contributed by atoms with Gasteiger partial charge in [-0.05, 0) is 30.3 Å². The van der Waals surface area contributed by atoms with Crippen LogP contribution < -0.4 is 9.64 Å². The lowest BCUT2D eigenvalue weighted by Gasteiger charge is -2.25. The molecule has 6 nitrogen and oxygen atoms in total. The number of rotatable bonds is 4. The zero-order chi connectivity index (χ0) is 20.6. The van der Waals surface area contributed by atoms with Gasteiger partial charge >= 0.3 is 0 Å². The zero-order valence-corrected chi connectivity index (χ0v) is 19.0. The van der Waals surface area contributed by atoms with Gasteiger partial charge in [0.1, 0.15) is 5.75 Å². The molecule has 2 aliphatic heterocycles. The molecular formula is C19H16BrClN2O4S2. The Labute approximate surface area is 186 Å². The van der Waals surface area contributed by atoms with Crippen molar-refractivity contribution in [2.45, 2.75) is 11.3 Å². The number of sulfone groups is 1. The first kappa shape index (κ1) is 20.7. The summed E-state index contributed by atoms with van der Waals surface area (Å²) in [7, 11) is -3.15. The third-order valence-corrected chi connectivity index (χ3v) is 8.57. The highest BCUT2D eigenvalue weighted by molar-refractivity contribution is 9.10. The van der Waals surface area contributed by atoms with E-state index in [0.717, 1.165) is 4.47 Å². The van der Waals surface area contributed by atoms with Gasteiger partial charge in [-0.15, -0.1) is 0 Å². The molecule has 2 fully saturated rings. The molecule has 2 aromatic rings. The van der Waals surface area contributed by atoms with Gasteiger partial charge in [0.05, 0.1) is 28.3 Å². The predicted molar refractivity (Wildman–Crippen MR) is 120 cm³/mol. The number of thioether (sulfide) groups is 1. The molecule has 152 valence electrons. The maximum atomic E-state index is 12.4. The largest absolute Gasteiger partial charge is 0.484 e. The first-order valence-corrected chi connectivity index (χ1v) is 12.6. The molecule has 0 N–H and O–H groups in total. The second kappa shape index (κ2) is 8.29. The van der Waals surface area contributed by atoms with Crippen LogP contribution in [0.5, 0.6) is 5.75 Å². The fourth-order valence-electron chi connectivity index (χ4n) is 3.32. The van der Waals surface area contributed by atoms with Crippen molar-refractivity contribution in [3.8, 4) is 5.75 Å². The van der Waals surface area contributed by atoms with E-state index in [4.69, 9.17) is 16.3 Å². The summed E-state index contributed by atoms with van der Waals surface area (Å²) in [5.74, 6) is 0.194. The Morgan fingerprint density at radius 2 is 2.00 bits per heavy atom. The predicted octanol–water partition coefficient (Wildman–Crippen LogP) is 3.78. The van der Waals surface area contributed by atoms with Crippen LogP contribution in [-0.4, -0.2) is 48.9 Å². The van der Waals surface area contributed by atoms with Gasteiger partial charge in [-0.25, -0.2) is 8.42 Å². The molecule has 0 radical (unpaired) electrons. The normalized spacial score (nSPS) is 23.9. The van der Waals surface area contributed by atoms with Crippen LogP contribution in [0.25, 0.3) is 0 Å². The smallest absolute Gasteiger partial charge is 0.285 e. The lowest BCUT2D eigenvalue weighted by molar-refractivity contribution is -0.119. The van der Waals surface area contributed by atoms with E-state index < -0.39 is 15.7 Å². The van der Waals surface area contributed by atoms with E-state index in [1.807, 2.05) is 24.3 Å². The van der Waals surface area contributed by atoms with E-state index in [0.29, 0.717) is 21.6 Å². The van der Waals surface area contributed by atoms with Crippen LogP contribution in [0.2, 0.25) is 5.02 Å². The Kier molecular flexibility index (Phi) is 5.92. The SMILES string of the molecule is O=C(COc1ccccc1)N=C1SC2CS(=O)(=O)CC2N1c1ccc(Br)cc1Cl. The number of amidine groups is 1. The third-order valence-electron chi connectivity index (χ3n) is 4.56. The average Bonchev–Trinajstić information content (AvgIpc) is 3.12. The molecule has 10 heteroatoms. The number of para-hydroxylation sites is 1. The molecule has 0 aliphatic carbocycles. The Balaban J connectivity index is 1.60. The molecule has 4 rings (SSSR count). The lowest BCUT2D eigenvalue weighted by atomic mass is 10.2. The minimum Gasteiger partial charge on any atom is -0.484 e. The molecule has 29 heavy (non-hydrogen) atoms. The van der Waals surface area contributed by atoms with E-state index in [2.05, 4.69) is 20.9 Å². The van der Waals surface area contributed by atoms with Crippen molar-refractivity contribution in [1.29, 1.82) is 0 Å². The third kappa shape index (κ3) is 4.63. The van der Waals surface area contributed by atoms with Gasteiger partial charge in [0.2, 0.25) is 0 Å². The van der Waals surface area contributed by atoms with Gasteiger partial charge in [0.25, 0.3) is 5.91 Å². The number of carbonyl (C=O) groups is 1. The number of hydrogen-bond donors (Lipinski definition) is 0. The maximum absolute atomic E-state index is 12.4. The van der Waals surface area contributed by atoms with Gasteiger partial charge in [-0.1, -0.05) is 57.5 Å². The van der Waals surface area contributed by atoms with E-state index in [-0.39, 0.29) is 29.4 Å². The molecule has 2 aliphatic rings. The van der Waals surface area contributed by atoms with Crippen LogP contribution in [0.15, 0.2) is 58.0 Å². The Morgan fingerprint density at radius 1 is 1.24 bits per heavy atom. The van der Waals surface area contributed by atoms with Gasteiger partial charge in [0.15, 0.2) is 21.6 Å². The number of anilines is 1. The molecule has 0 bridgehead atoms.